The second-order valence-electron chi connectivity index (χ2n) is 8.18. The molecule has 1 heterocycles. The number of carbonyl (C=O) groups is 2. The normalized spacial score (nSPS) is 17.2. The van der Waals surface area contributed by atoms with Gasteiger partial charge in [-0.2, -0.15) is 0 Å². The molecule has 1 atom stereocenters. The molecular formula is C28H27NO5. The molecule has 6 heteroatoms. The van der Waals surface area contributed by atoms with E-state index in [0.29, 0.717) is 34.9 Å². The number of aliphatic hydroxyl groups is 1. The first-order valence-electron chi connectivity index (χ1n) is 11.1. The minimum absolute atomic E-state index is 0.0186. The van der Waals surface area contributed by atoms with E-state index < -0.39 is 17.7 Å². The van der Waals surface area contributed by atoms with Gasteiger partial charge in [-0.1, -0.05) is 30.3 Å². The molecule has 0 radical (unpaired) electrons. The van der Waals surface area contributed by atoms with Crippen LogP contribution in [0.15, 0.2) is 72.3 Å². The van der Waals surface area contributed by atoms with E-state index in [4.69, 9.17) is 9.47 Å². The van der Waals surface area contributed by atoms with Crippen LogP contribution in [0.3, 0.4) is 0 Å². The van der Waals surface area contributed by atoms with Crippen LogP contribution >= 0.6 is 0 Å². The summed E-state index contributed by atoms with van der Waals surface area (Å²) >= 11 is 0. The van der Waals surface area contributed by atoms with E-state index in [-0.39, 0.29) is 11.3 Å². The van der Waals surface area contributed by atoms with Gasteiger partial charge in [-0.3, -0.25) is 14.5 Å². The highest BCUT2D eigenvalue weighted by Gasteiger charge is 2.47. The Kier molecular flexibility index (Phi) is 6.41. The van der Waals surface area contributed by atoms with Crippen molar-refractivity contribution in [3.05, 3.63) is 94.6 Å². The van der Waals surface area contributed by atoms with Crippen LogP contribution in [0.5, 0.6) is 11.5 Å². The predicted octanol–water partition coefficient (Wildman–Crippen LogP) is 5.34. The van der Waals surface area contributed by atoms with Crippen LogP contribution in [0.2, 0.25) is 0 Å². The summed E-state index contributed by atoms with van der Waals surface area (Å²) in [5.74, 6) is -0.544. The van der Waals surface area contributed by atoms with E-state index in [2.05, 4.69) is 0 Å². The molecule has 0 aromatic heterocycles. The average Bonchev–Trinajstić information content (AvgIpc) is 3.11. The number of anilines is 1. The molecule has 3 aromatic carbocycles. The second-order valence-corrected chi connectivity index (χ2v) is 8.18. The third-order valence-corrected chi connectivity index (χ3v) is 6.04. The zero-order valence-corrected chi connectivity index (χ0v) is 19.7. The number of hydrogen-bond acceptors (Lipinski definition) is 5. The maximum Gasteiger partial charge on any atom is 0.300 e. The van der Waals surface area contributed by atoms with Crippen molar-refractivity contribution in [1.29, 1.82) is 0 Å². The molecule has 4 rings (SSSR count). The van der Waals surface area contributed by atoms with Crippen LogP contribution in [0.1, 0.15) is 35.2 Å². The SMILES string of the molecule is CCOc1cccc(/C(O)=C2\C(=O)C(=O)N(c3ccc(C)c(C)c3)C2c2cccc(OC)c2)c1. The van der Waals surface area contributed by atoms with Crippen LogP contribution in [0.25, 0.3) is 5.76 Å². The zero-order valence-electron chi connectivity index (χ0n) is 19.7. The number of methoxy groups -OCH3 is 1. The number of rotatable bonds is 6. The standard InChI is InChI=1S/C28H27NO5/c1-5-34-23-11-7-9-20(16-23)26(30)24-25(19-8-6-10-22(15-19)33-4)29(28(32)27(24)31)21-13-12-17(2)18(3)14-21/h6-16,25,30H,5H2,1-4H3/b26-24+. The Morgan fingerprint density at radius 1 is 0.941 bits per heavy atom. The first kappa shape index (κ1) is 23.1. The molecule has 1 amide bonds. The summed E-state index contributed by atoms with van der Waals surface area (Å²) in [5, 5.41) is 11.3. The van der Waals surface area contributed by atoms with E-state index in [1.165, 1.54) is 4.90 Å². The van der Waals surface area contributed by atoms with Crippen molar-refractivity contribution in [1.82, 2.24) is 0 Å². The Hall–Kier alpha value is -4.06. The lowest BCUT2D eigenvalue weighted by Gasteiger charge is -2.26. The molecule has 1 fully saturated rings. The van der Waals surface area contributed by atoms with Gasteiger partial charge in [0.2, 0.25) is 0 Å². The van der Waals surface area contributed by atoms with Gasteiger partial charge in [-0.05, 0) is 73.9 Å². The van der Waals surface area contributed by atoms with Crippen LogP contribution in [-0.2, 0) is 9.59 Å². The van der Waals surface area contributed by atoms with Crippen molar-refractivity contribution in [2.45, 2.75) is 26.8 Å². The molecule has 1 unspecified atom stereocenters. The Balaban J connectivity index is 1.94. The van der Waals surface area contributed by atoms with Gasteiger partial charge in [0.05, 0.1) is 25.3 Å². The summed E-state index contributed by atoms with van der Waals surface area (Å²) in [7, 11) is 1.55. The molecule has 0 saturated carbocycles. The average molecular weight is 458 g/mol. The summed E-state index contributed by atoms with van der Waals surface area (Å²) in [6.45, 7) is 6.27. The molecule has 174 valence electrons. The number of ether oxygens (including phenoxy) is 2. The topological polar surface area (TPSA) is 76.1 Å². The minimum Gasteiger partial charge on any atom is -0.507 e. The number of nitrogens with zero attached hydrogens (tertiary/aromatic N) is 1. The maximum absolute atomic E-state index is 13.3. The van der Waals surface area contributed by atoms with E-state index in [1.807, 2.05) is 45.0 Å². The number of aryl methyl sites for hydroxylation is 2. The summed E-state index contributed by atoms with van der Waals surface area (Å²) < 4.78 is 10.9. The lowest BCUT2D eigenvalue weighted by Crippen LogP contribution is -2.29. The second kappa shape index (κ2) is 9.43. The van der Waals surface area contributed by atoms with Crippen LogP contribution in [0, 0.1) is 13.8 Å². The molecule has 1 aliphatic rings. The number of benzene rings is 3. The van der Waals surface area contributed by atoms with Crippen molar-refractivity contribution in [3.63, 3.8) is 0 Å². The van der Waals surface area contributed by atoms with E-state index in [9.17, 15) is 14.7 Å². The molecule has 1 aliphatic heterocycles. The van der Waals surface area contributed by atoms with Crippen molar-refractivity contribution < 1.29 is 24.2 Å². The Morgan fingerprint density at radius 3 is 2.38 bits per heavy atom. The molecule has 0 spiro atoms. The molecular weight excluding hydrogens is 430 g/mol. The monoisotopic (exact) mass is 457 g/mol. The number of aliphatic hydroxyl groups excluding tert-OH is 1. The smallest absolute Gasteiger partial charge is 0.300 e. The van der Waals surface area contributed by atoms with Crippen molar-refractivity contribution in [2.75, 3.05) is 18.6 Å². The summed E-state index contributed by atoms with van der Waals surface area (Å²) in [5.41, 5.74) is 3.72. The fourth-order valence-corrected chi connectivity index (χ4v) is 4.16. The Labute approximate surface area is 199 Å². The molecule has 3 aromatic rings. The van der Waals surface area contributed by atoms with Crippen LogP contribution in [0.4, 0.5) is 5.69 Å². The zero-order chi connectivity index (χ0) is 24.4. The summed E-state index contributed by atoms with van der Waals surface area (Å²) in [6, 6.07) is 18.8. The van der Waals surface area contributed by atoms with Crippen molar-refractivity contribution in [3.8, 4) is 11.5 Å². The van der Waals surface area contributed by atoms with Crippen LogP contribution in [-0.4, -0.2) is 30.5 Å². The fourth-order valence-electron chi connectivity index (χ4n) is 4.16. The summed E-state index contributed by atoms with van der Waals surface area (Å²) in [4.78, 5) is 28.1. The van der Waals surface area contributed by atoms with E-state index in [0.717, 1.165) is 11.1 Å². The van der Waals surface area contributed by atoms with Crippen molar-refractivity contribution >= 4 is 23.1 Å². The lowest BCUT2D eigenvalue weighted by atomic mass is 9.94. The highest BCUT2D eigenvalue weighted by Crippen LogP contribution is 2.43. The summed E-state index contributed by atoms with van der Waals surface area (Å²) in [6.07, 6.45) is 0. The van der Waals surface area contributed by atoms with Gasteiger partial charge in [-0.25, -0.2) is 0 Å². The molecule has 0 bridgehead atoms. The number of carbonyl (C=O) groups excluding carboxylic acids is 2. The number of amides is 1. The van der Waals surface area contributed by atoms with Gasteiger partial charge in [0.1, 0.15) is 17.3 Å². The van der Waals surface area contributed by atoms with Gasteiger partial charge in [0.25, 0.3) is 11.7 Å². The lowest BCUT2D eigenvalue weighted by molar-refractivity contribution is -0.132. The van der Waals surface area contributed by atoms with E-state index in [1.54, 1.807) is 49.6 Å². The Bertz CT molecular complexity index is 1290. The molecule has 34 heavy (non-hydrogen) atoms. The predicted molar refractivity (Wildman–Crippen MR) is 131 cm³/mol. The first-order chi connectivity index (χ1) is 16.3. The number of hydrogen-bond donors (Lipinski definition) is 1. The largest absolute Gasteiger partial charge is 0.507 e. The quantitative estimate of drug-likeness (QED) is 0.307. The number of ketones is 1. The van der Waals surface area contributed by atoms with E-state index >= 15 is 0 Å². The Morgan fingerprint density at radius 2 is 1.68 bits per heavy atom. The highest BCUT2D eigenvalue weighted by atomic mass is 16.5. The van der Waals surface area contributed by atoms with Gasteiger partial charge in [-0.15, -0.1) is 0 Å². The number of Topliss-reactive ketones (excluding diaryl/α,β-unsaturated/α-hetero) is 1. The fraction of sp³-hybridized carbons (Fsp3) is 0.214. The first-order valence-corrected chi connectivity index (χ1v) is 11.1. The molecule has 6 nitrogen and oxygen atoms in total. The van der Waals surface area contributed by atoms with Crippen LogP contribution < -0.4 is 14.4 Å². The van der Waals surface area contributed by atoms with Gasteiger partial charge < -0.3 is 14.6 Å². The molecule has 0 aliphatic carbocycles. The van der Waals surface area contributed by atoms with Crippen molar-refractivity contribution in [2.24, 2.45) is 0 Å². The minimum atomic E-state index is -0.826. The molecule has 1 saturated heterocycles. The third-order valence-electron chi connectivity index (χ3n) is 6.04. The highest BCUT2D eigenvalue weighted by molar-refractivity contribution is 6.51. The van der Waals surface area contributed by atoms with Gasteiger partial charge >= 0.3 is 0 Å². The van der Waals surface area contributed by atoms with Gasteiger partial charge in [0.15, 0.2) is 0 Å². The molecule has 1 N–H and O–H groups in total. The third kappa shape index (κ3) is 4.15. The van der Waals surface area contributed by atoms with Gasteiger partial charge in [0, 0.05) is 11.3 Å². The maximum atomic E-state index is 13.3.